The van der Waals surface area contributed by atoms with Crippen LogP contribution in [-0.2, 0) is 14.3 Å². The number of rotatable bonds is 1. The van der Waals surface area contributed by atoms with Gasteiger partial charge in [0.05, 0.1) is 0 Å². The normalized spacial score (nSPS) is 43.5. The van der Waals surface area contributed by atoms with Gasteiger partial charge in [-0.1, -0.05) is 12.2 Å². The molecule has 4 atom stereocenters. The van der Waals surface area contributed by atoms with Crippen LogP contribution in [0.2, 0.25) is 0 Å². The molecule has 2 aliphatic rings. The van der Waals surface area contributed by atoms with Gasteiger partial charge in [-0.05, 0) is 0 Å². The van der Waals surface area contributed by atoms with Crippen molar-refractivity contribution in [2.75, 3.05) is 0 Å². The molecule has 1 fully saturated rings. The Balaban J connectivity index is 2.08. The molecule has 0 unspecified atom stereocenters. The van der Waals surface area contributed by atoms with E-state index in [1.807, 2.05) is 6.08 Å². The van der Waals surface area contributed by atoms with Crippen LogP contribution >= 0.6 is 0 Å². The number of esters is 1. The van der Waals surface area contributed by atoms with E-state index in [0.717, 1.165) is 0 Å². The lowest BCUT2D eigenvalue weighted by Crippen LogP contribution is -2.37. The molecule has 12 heavy (non-hydrogen) atoms. The van der Waals surface area contributed by atoms with E-state index in [0.29, 0.717) is 0 Å². The van der Waals surface area contributed by atoms with Gasteiger partial charge in [0.25, 0.3) is 0 Å². The number of carbonyl (C=O) groups is 1. The number of carbonyl (C=O) groups excluding carboxylic acids is 1. The Labute approximate surface area is 69.8 Å². The second-order valence-corrected chi connectivity index (χ2v) is 3.01. The predicted octanol–water partition coefficient (Wildman–Crippen LogP) is -0.384. The van der Waals surface area contributed by atoms with Crippen molar-refractivity contribution in [1.82, 2.24) is 0 Å². The molecule has 0 aliphatic carbocycles. The summed E-state index contributed by atoms with van der Waals surface area (Å²) in [4.78, 5) is 10.6. The standard InChI is InChI=1S/C8H10O4/c1-4(9)11-8-6-3-2-5(12-6)7(8)10/h2-3,5-8,10H,1H3/t5-,6+,7-,8+/m1/s1. The van der Waals surface area contributed by atoms with Crippen LogP contribution in [0.25, 0.3) is 0 Å². The summed E-state index contributed by atoms with van der Waals surface area (Å²) in [6, 6.07) is 0. The molecule has 4 heteroatoms. The van der Waals surface area contributed by atoms with Gasteiger partial charge < -0.3 is 14.6 Å². The van der Waals surface area contributed by atoms with Crippen LogP contribution in [0.15, 0.2) is 12.2 Å². The zero-order chi connectivity index (χ0) is 8.72. The summed E-state index contributed by atoms with van der Waals surface area (Å²) in [5, 5.41) is 9.47. The number of fused-ring (bicyclic) bond motifs is 2. The first-order valence-corrected chi connectivity index (χ1v) is 3.87. The molecule has 0 saturated carbocycles. The monoisotopic (exact) mass is 170 g/mol. The van der Waals surface area contributed by atoms with Crippen LogP contribution in [0, 0.1) is 0 Å². The van der Waals surface area contributed by atoms with E-state index < -0.39 is 12.2 Å². The lowest BCUT2D eigenvalue weighted by atomic mass is 10.0. The molecule has 0 spiro atoms. The summed E-state index contributed by atoms with van der Waals surface area (Å²) >= 11 is 0. The van der Waals surface area contributed by atoms with Gasteiger partial charge in [0, 0.05) is 6.92 Å². The Morgan fingerprint density at radius 3 is 2.67 bits per heavy atom. The Morgan fingerprint density at radius 1 is 1.50 bits per heavy atom. The second kappa shape index (κ2) is 2.57. The van der Waals surface area contributed by atoms with Crippen LogP contribution in [0.5, 0.6) is 0 Å². The third-order valence-corrected chi connectivity index (χ3v) is 2.10. The van der Waals surface area contributed by atoms with Crippen LogP contribution in [0.4, 0.5) is 0 Å². The molecule has 66 valence electrons. The van der Waals surface area contributed by atoms with Crippen LogP contribution in [-0.4, -0.2) is 35.5 Å². The molecule has 0 amide bonds. The highest BCUT2D eigenvalue weighted by Crippen LogP contribution is 2.31. The number of ether oxygens (including phenoxy) is 2. The topological polar surface area (TPSA) is 55.8 Å². The number of aliphatic hydroxyl groups is 1. The van der Waals surface area contributed by atoms with Crippen molar-refractivity contribution in [3.8, 4) is 0 Å². The first-order chi connectivity index (χ1) is 5.68. The Kier molecular flexibility index (Phi) is 1.66. The van der Waals surface area contributed by atoms with Gasteiger partial charge in [-0.2, -0.15) is 0 Å². The fourth-order valence-electron chi connectivity index (χ4n) is 1.58. The molecule has 2 rings (SSSR count). The van der Waals surface area contributed by atoms with E-state index in [1.165, 1.54) is 6.92 Å². The molecule has 2 aliphatic heterocycles. The maximum atomic E-state index is 10.6. The zero-order valence-corrected chi connectivity index (χ0v) is 6.64. The van der Waals surface area contributed by atoms with Crippen molar-refractivity contribution >= 4 is 5.97 Å². The second-order valence-electron chi connectivity index (χ2n) is 3.01. The van der Waals surface area contributed by atoms with Crippen molar-refractivity contribution < 1.29 is 19.4 Å². The number of aliphatic hydroxyl groups excluding tert-OH is 1. The molecule has 1 N–H and O–H groups in total. The number of hydrogen-bond acceptors (Lipinski definition) is 4. The van der Waals surface area contributed by atoms with E-state index in [1.54, 1.807) is 6.08 Å². The molecule has 0 aromatic carbocycles. The molecular formula is C8H10O4. The van der Waals surface area contributed by atoms with Gasteiger partial charge in [-0.15, -0.1) is 0 Å². The van der Waals surface area contributed by atoms with E-state index in [-0.39, 0.29) is 18.2 Å². The minimum absolute atomic E-state index is 0.256. The highest BCUT2D eigenvalue weighted by atomic mass is 16.6. The maximum absolute atomic E-state index is 10.6. The first-order valence-electron chi connectivity index (χ1n) is 3.87. The average Bonchev–Trinajstić information content (AvgIpc) is 2.53. The van der Waals surface area contributed by atoms with E-state index in [2.05, 4.69) is 0 Å². The SMILES string of the molecule is CC(=O)O[C@@H]1[C@H](O)[C@H]2C=C[C@@H]1O2. The summed E-state index contributed by atoms with van der Waals surface area (Å²) in [6.45, 7) is 1.32. The third kappa shape index (κ3) is 1.04. The Hall–Kier alpha value is -0.870. The molecule has 2 bridgehead atoms. The predicted molar refractivity (Wildman–Crippen MR) is 39.4 cm³/mol. The van der Waals surface area contributed by atoms with Crippen molar-refractivity contribution in [3.05, 3.63) is 12.2 Å². The largest absolute Gasteiger partial charge is 0.457 e. The van der Waals surface area contributed by atoms with E-state index in [9.17, 15) is 9.90 Å². The lowest BCUT2D eigenvalue weighted by molar-refractivity contribution is -0.151. The van der Waals surface area contributed by atoms with Crippen LogP contribution < -0.4 is 0 Å². The summed E-state index contributed by atoms with van der Waals surface area (Å²) < 4.78 is 10.2. The Morgan fingerprint density at radius 2 is 2.17 bits per heavy atom. The minimum Gasteiger partial charge on any atom is -0.457 e. The molecule has 4 nitrogen and oxygen atoms in total. The molecule has 0 radical (unpaired) electrons. The van der Waals surface area contributed by atoms with Gasteiger partial charge in [0.1, 0.15) is 18.3 Å². The zero-order valence-electron chi connectivity index (χ0n) is 6.64. The fourth-order valence-corrected chi connectivity index (χ4v) is 1.58. The minimum atomic E-state index is -0.705. The van der Waals surface area contributed by atoms with Crippen molar-refractivity contribution in [1.29, 1.82) is 0 Å². The highest BCUT2D eigenvalue weighted by molar-refractivity contribution is 5.66. The summed E-state index contributed by atoms with van der Waals surface area (Å²) in [6.07, 6.45) is 1.83. The molecular weight excluding hydrogens is 160 g/mol. The van der Waals surface area contributed by atoms with E-state index in [4.69, 9.17) is 9.47 Å². The van der Waals surface area contributed by atoms with E-state index >= 15 is 0 Å². The maximum Gasteiger partial charge on any atom is 0.303 e. The fraction of sp³-hybridized carbons (Fsp3) is 0.625. The van der Waals surface area contributed by atoms with Gasteiger partial charge in [0.2, 0.25) is 0 Å². The summed E-state index contributed by atoms with van der Waals surface area (Å²) in [5.74, 6) is -0.386. The first kappa shape index (κ1) is 7.76. The van der Waals surface area contributed by atoms with Gasteiger partial charge in [-0.3, -0.25) is 4.79 Å². The van der Waals surface area contributed by atoms with Gasteiger partial charge >= 0.3 is 5.97 Å². The lowest BCUT2D eigenvalue weighted by Gasteiger charge is -2.19. The van der Waals surface area contributed by atoms with Gasteiger partial charge in [-0.25, -0.2) is 0 Å². The smallest absolute Gasteiger partial charge is 0.303 e. The molecule has 0 aromatic heterocycles. The molecule has 0 aromatic rings. The van der Waals surface area contributed by atoms with Crippen LogP contribution in [0.1, 0.15) is 6.92 Å². The van der Waals surface area contributed by atoms with Crippen LogP contribution in [0.3, 0.4) is 0 Å². The van der Waals surface area contributed by atoms with Crippen molar-refractivity contribution in [2.24, 2.45) is 0 Å². The third-order valence-electron chi connectivity index (χ3n) is 2.10. The Bertz CT molecular complexity index is 235. The van der Waals surface area contributed by atoms with Gasteiger partial charge in [0.15, 0.2) is 6.10 Å². The molecule has 2 heterocycles. The van der Waals surface area contributed by atoms with Crippen molar-refractivity contribution in [3.63, 3.8) is 0 Å². The quantitative estimate of drug-likeness (QED) is 0.430. The summed E-state index contributed by atoms with van der Waals surface area (Å²) in [7, 11) is 0. The van der Waals surface area contributed by atoms with Crippen molar-refractivity contribution in [2.45, 2.75) is 31.3 Å². The number of hydrogen-bond donors (Lipinski definition) is 1. The summed E-state index contributed by atoms with van der Waals surface area (Å²) in [5.41, 5.74) is 0. The molecule has 1 saturated heterocycles. The highest BCUT2D eigenvalue weighted by Gasteiger charge is 2.47. The average molecular weight is 170 g/mol.